The second-order valence-electron chi connectivity index (χ2n) is 8.71. The number of halogens is 1. The summed E-state index contributed by atoms with van der Waals surface area (Å²) >= 11 is 0. The molecule has 0 spiro atoms. The van der Waals surface area contributed by atoms with Crippen LogP contribution in [-0.4, -0.2) is 37.5 Å². The van der Waals surface area contributed by atoms with E-state index in [1.807, 2.05) is 30.3 Å². The van der Waals surface area contributed by atoms with Crippen molar-refractivity contribution in [2.45, 2.75) is 24.8 Å². The van der Waals surface area contributed by atoms with Gasteiger partial charge in [-0.05, 0) is 60.9 Å². The lowest BCUT2D eigenvalue weighted by atomic mass is 9.97. The van der Waals surface area contributed by atoms with E-state index in [1.165, 1.54) is 28.1 Å². The average molecular weight is 491 g/mol. The van der Waals surface area contributed by atoms with Gasteiger partial charge in [0, 0.05) is 41.8 Å². The summed E-state index contributed by atoms with van der Waals surface area (Å²) in [5.41, 5.74) is 5.77. The summed E-state index contributed by atoms with van der Waals surface area (Å²) in [6.45, 7) is 3.45. The Morgan fingerprint density at radius 3 is 2.46 bits per heavy atom. The van der Waals surface area contributed by atoms with Crippen LogP contribution < -0.4 is 4.74 Å². The number of methoxy groups -OCH3 is 1. The van der Waals surface area contributed by atoms with Crippen molar-refractivity contribution >= 4 is 26.5 Å². The Hall–Kier alpha value is -3.42. The molecule has 0 unspecified atom stereocenters. The molecular weight excluding hydrogens is 463 g/mol. The van der Waals surface area contributed by atoms with Crippen molar-refractivity contribution in [2.75, 3.05) is 20.2 Å². The molecule has 2 heterocycles. The van der Waals surface area contributed by atoms with Crippen molar-refractivity contribution in [3.63, 3.8) is 0 Å². The number of rotatable bonds is 6. The summed E-state index contributed by atoms with van der Waals surface area (Å²) < 4.78 is 48.7. The lowest BCUT2D eigenvalue weighted by Gasteiger charge is -2.26. The number of hydrogen-bond donors (Lipinski definition) is 0. The Bertz CT molecular complexity index is 1520. The fraction of sp³-hybridized carbons (Fsp3) is 0.214. The maximum atomic E-state index is 13.6. The van der Waals surface area contributed by atoms with Gasteiger partial charge >= 0.3 is 0 Å². The standard InChI is InChI=1S/C28H27FN2O3S/c1-20-28(22-14-16-30(17-15-22)35(32,33)25-7-5-6-23(29)18-25)26-8-3-4-9-27(26)31(20)19-21-10-12-24(34-2)13-11-21/h3-14,18H,15-17,19H2,1-2H3. The highest BCUT2D eigenvalue weighted by Gasteiger charge is 2.28. The summed E-state index contributed by atoms with van der Waals surface area (Å²) in [5, 5.41) is 1.16. The summed E-state index contributed by atoms with van der Waals surface area (Å²) in [5.74, 6) is 0.272. The first-order valence-corrected chi connectivity index (χ1v) is 13.0. The molecule has 0 radical (unpaired) electrons. The maximum absolute atomic E-state index is 13.6. The molecule has 3 aromatic carbocycles. The van der Waals surface area contributed by atoms with Crippen molar-refractivity contribution in [2.24, 2.45) is 0 Å². The van der Waals surface area contributed by atoms with Gasteiger partial charge in [-0.25, -0.2) is 12.8 Å². The van der Waals surface area contributed by atoms with Crippen LogP contribution in [0.3, 0.4) is 0 Å². The van der Waals surface area contributed by atoms with E-state index in [0.29, 0.717) is 13.0 Å². The van der Waals surface area contributed by atoms with Crippen LogP contribution in [0.5, 0.6) is 5.75 Å². The molecule has 0 N–H and O–H groups in total. The lowest BCUT2D eigenvalue weighted by molar-refractivity contribution is 0.414. The Morgan fingerprint density at radius 1 is 1.00 bits per heavy atom. The Morgan fingerprint density at radius 2 is 1.77 bits per heavy atom. The Kier molecular flexibility index (Phi) is 6.21. The van der Waals surface area contributed by atoms with Gasteiger partial charge in [-0.15, -0.1) is 0 Å². The molecule has 5 nitrogen and oxygen atoms in total. The molecular formula is C28H27FN2O3S. The van der Waals surface area contributed by atoms with Crippen molar-refractivity contribution < 1.29 is 17.5 Å². The number of sulfonamides is 1. The van der Waals surface area contributed by atoms with E-state index in [9.17, 15) is 12.8 Å². The summed E-state index contributed by atoms with van der Waals surface area (Å²) in [4.78, 5) is -0.0124. The van der Waals surface area contributed by atoms with E-state index < -0.39 is 15.8 Å². The van der Waals surface area contributed by atoms with Crippen LogP contribution in [-0.2, 0) is 16.6 Å². The minimum absolute atomic E-state index is 0.0124. The van der Waals surface area contributed by atoms with Gasteiger partial charge in [0.05, 0.1) is 12.0 Å². The quantitative estimate of drug-likeness (QED) is 0.352. The molecule has 0 atom stereocenters. The summed E-state index contributed by atoms with van der Waals surface area (Å²) in [6.07, 6.45) is 2.58. The maximum Gasteiger partial charge on any atom is 0.243 e. The van der Waals surface area contributed by atoms with Gasteiger partial charge < -0.3 is 9.30 Å². The number of ether oxygens (including phenoxy) is 1. The van der Waals surface area contributed by atoms with Gasteiger partial charge in [-0.3, -0.25) is 0 Å². The molecule has 0 saturated heterocycles. The van der Waals surface area contributed by atoms with E-state index in [1.54, 1.807) is 7.11 Å². The van der Waals surface area contributed by atoms with Crippen molar-refractivity contribution in [3.05, 3.63) is 102 Å². The molecule has 7 heteroatoms. The molecule has 0 amide bonds. The third-order valence-electron chi connectivity index (χ3n) is 6.66. The predicted molar refractivity (Wildman–Crippen MR) is 137 cm³/mol. The lowest BCUT2D eigenvalue weighted by Crippen LogP contribution is -2.34. The normalized spacial score (nSPS) is 14.8. The fourth-order valence-electron chi connectivity index (χ4n) is 4.83. The summed E-state index contributed by atoms with van der Waals surface area (Å²) in [7, 11) is -2.09. The highest BCUT2D eigenvalue weighted by atomic mass is 32.2. The van der Waals surface area contributed by atoms with Gasteiger partial charge in [0.1, 0.15) is 11.6 Å². The van der Waals surface area contributed by atoms with Gasteiger partial charge in [-0.1, -0.05) is 42.5 Å². The number of fused-ring (bicyclic) bond motifs is 1. The topological polar surface area (TPSA) is 51.5 Å². The zero-order valence-corrected chi connectivity index (χ0v) is 20.6. The largest absolute Gasteiger partial charge is 0.497 e. The van der Waals surface area contributed by atoms with Crippen molar-refractivity contribution in [1.82, 2.24) is 8.87 Å². The molecule has 4 aromatic rings. The van der Waals surface area contributed by atoms with Crippen LogP contribution in [0, 0.1) is 12.7 Å². The third-order valence-corrected chi connectivity index (χ3v) is 8.52. The molecule has 0 saturated carbocycles. The molecule has 1 aromatic heterocycles. The average Bonchev–Trinajstić information content (AvgIpc) is 3.15. The minimum atomic E-state index is -3.75. The first-order chi connectivity index (χ1) is 16.9. The molecule has 35 heavy (non-hydrogen) atoms. The Balaban J connectivity index is 1.47. The van der Waals surface area contributed by atoms with Crippen LogP contribution in [0.25, 0.3) is 16.5 Å². The fourth-order valence-corrected chi connectivity index (χ4v) is 6.24. The highest BCUT2D eigenvalue weighted by Crippen LogP contribution is 2.36. The van der Waals surface area contributed by atoms with Crippen LogP contribution in [0.2, 0.25) is 0 Å². The van der Waals surface area contributed by atoms with Crippen LogP contribution in [0.4, 0.5) is 4.39 Å². The highest BCUT2D eigenvalue weighted by molar-refractivity contribution is 7.89. The molecule has 1 aliphatic rings. The van der Waals surface area contributed by atoms with Gasteiger partial charge in [0.15, 0.2) is 0 Å². The number of nitrogens with zero attached hydrogens (tertiary/aromatic N) is 2. The van der Waals surface area contributed by atoms with E-state index in [2.05, 4.69) is 35.8 Å². The molecule has 1 aliphatic heterocycles. The smallest absolute Gasteiger partial charge is 0.243 e. The number of para-hydroxylation sites is 1. The molecule has 5 rings (SSSR count). The molecule has 180 valence electrons. The minimum Gasteiger partial charge on any atom is -0.497 e. The monoisotopic (exact) mass is 490 g/mol. The number of hydrogen-bond acceptors (Lipinski definition) is 3. The van der Waals surface area contributed by atoms with Crippen molar-refractivity contribution in [1.29, 1.82) is 0 Å². The van der Waals surface area contributed by atoms with E-state index in [0.717, 1.165) is 46.1 Å². The molecule has 0 aliphatic carbocycles. The van der Waals surface area contributed by atoms with E-state index in [4.69, 9.17) is 4.74 Å². The second-order valence-corrected chi connectivity index (χ2v) is 10.6. The van der Waals surface area contributed by atoms with Crippen LogP contribution in [0.1, 0.15) is 23.2 Å². The van der Waals surface area contributed by atoms with Gasteiger partial charge in [-0.2, -0.15) is 4.31 Å². The number of aromatic nitrogens is 1. The SMILES string of the molecule is COc1ccc(Cn2c(C)c(C3=CCN(S(=O)(=O)c4cccc(F)c4)CC3)c3ccccc32)cc1. The van der Waals surface area contributed by atoms with Crippen LogP contribution >= 0.6 is 0 Å². The predicted octanol–water partition coefficient (Wildman–Crippen LogP) is 5.62. The Labute approximate surface area is 205 Å². The van der Waals surface area contributed by atoms with E-state index >= 15 is 0 Å². The number of benzene rings is 3. The zero-order valence-electron chi connectivity index (χ0n) is 19.7. The second kappa shape index (κ2) is 9.32. The molecule has 0 fully saturated rings. The van der Waals surface area contributed by atoms with Crippen LogP contribution in [0.15, 0.2) is 83.8 Å². The van der Waals surface area contributed by atoms with E-state index in [-0.39, 0.29) is 11.4 Å². The summed E-state index contributed by atoms with van der Waals surface area (Å²) in [6, 6.07) is 21.6. The van der Waals surface area contributed by atoms with Gasteiger partial charge in [0.25, 0.3) is 0 Å². The molecule has 0 bridgehead atoms. The zero-order chi connectivity index (χ0) is 24.6. The third kappa shape index (κ3) is 4.37. The first-order valence-electron chi connectivity index (χ1n) is 11.5. The first kappa shape index (κ1) is 23.3. The van der Waals surface area contributed by atoms with Crippen molar-refractivity contribution in [3.8, 4) is 5.75 Å². The van der Waals surface area contributed by atoms with Gasteiger partial charge in [0.2, 0.25) is 10.0 Å².